The summed E-state index contributed by atoms with van der Waals surface area (Å²) in [5, 5.41) is 7.33. The molecule has 0 aliphatic heterocycles. The van der Waals surface area contributed by atoms with Crippen LogP contribution in [0.2, 0.25) is 0 Å². The molecular formula is C14H19N3OS. The molecule has 1 heterocycles. The summed E-state index contributed by atoms with van der Waals surface area (Å²) in [5.74, 6) is 2.35. The molecule has 0 saturated heterocycles. The van der Waals surface area contributed by atoms with Crippen LogP contribution in [-0.4, -0.2) is 23.2 Å². The maximum atomic E-state index is 5.37. The van der Waals surface area contributed by atoms with E-state index in [1.165, 1.54) is 25.7 Å². The van der Waals surface area contributed by atoms with Crippen molar-refractivity contribution < 1.29 is 4.74 Å². The number of nitrogens with one attached hydrogen (secondary N) is 2. The Bertz CT molecular complexity index is 462. The smallest absolute Gasteiger partial charge is 0.213 e. The molecule has 2 saturated carbocycles. The molecule has 3 rings (SSSR count). The van der Waals surface area contributed by atoms with Gasteiger partial charge in [-0.3, -0.25) is 0 Å². The van der Waals surface area contributed by atoms with Gasteiger partial charge in [-0.05, 0) is 49.4 Å². The fourth-order valence-electron chi connectivity index (χ4n) is 3.33. The molecule has 2 N–H and O–H groups in total. The Kier molecular flexibility index (Phi) is 3.55. The highest BCUT2D eigenvalue weighted by molar-refractivity contribution is 7.80. The lowest BCUT2D eigenvalue weighted by Crippen LogP contribution is -2.40. The van der Waals surface area contributed by atoms with E-state index in [0.717, 1.165) is 17.5 Å². The highest BCUT2D eigenvalue weighted by Crippen LogP contribution is 2.44. The van der Waals surface area contributed by atoms with Crippen LogP contribution in [0.25, 0.3) is 0 Å². The molecule has 2 aliphatic rings. The maximum absolute atomic E-state index is 5.37. The number of nitrogens with zero attached hydrogens (tertiary/aromatic N) is 1. The average Bonchev–Trinajstić information content (AvgIpc) is 3.02. The Morgan fingerprint density at radius 2 is 2.26 bits per heavy atom. The zero-order chi connectivity index (χ0) is 13.2. The van der Waals surface area contributed by atoms with Crippen molar-refractivity contribution in [3.05, 3.63) is 18.3 Å². The van der Waals surface area contributed by atoms with Gasteiger partial charge in [0.25, 0.3) is 0 Å². The highest BCUT2D eigenvalue weighted by Gasteiger charge is 2.39. The largest absolute Gasteiger partial charge is 0.481 e. The quantitative estimate of drug-likeness (QED) is 0.832. The molecule has 2 fully saturated rings. The first-order chi connectivity index (χ1) is 9.24. The first-order valence-corrected chi connectivity index (χ1v) is 7.23. The number of fused-ring (bicyclic) bond motifs is 2. The van der Waals surface area contributed by atoms with Gasteiger partial charge in [0.2, 0.25) is 5.88 Å². The second kappa shape index (κ2) is 5.33. The van der Waals surface area contributed by atoms with Crippen molar-refractivity contribution in [1.29, 1.82) is 0 Å². The van der Waals surface area contributed by atoms with Crippen molar-refractivity contribution in [2.24, 2.45) is 11.8 Å². The van der Waals surface area contributed by atoms with Crippen LogP contribution in [0, 0.1) is 11.8 Å². The van der Waals surface area contributed by atoms with Crippen LogP contribution in [0.4, 0.5) is 5.69 Å². The number of methoxy groups -OCH3 is 1. The van der Waals surface area contributed by atoms with E-state index < -0.39 is 0 Å². The minimum atomic E-state index is 0.560. The lowest BCUT2D eigenvalue weighted by atomic mass is 9.96. The molecule has 1 aromatic heterocycles. The Morgan fingerprint density at radius 3 is 2.84 bits per heavy atom. The van der Waals surface area contributed by atoms with Crippen molar-refractivity contribution in [3.8, 4) is 5.88 Å². The van der Waals surface area contributed by atoms with Gasteiger partial charge in [-0.2, -0.15) is 0 Å². The summed E-state index contributed by atoms with van der Waals surface area (Å²) < 4.78 is 5.03. The molecule has 2 bridgehead atoms. The molecule has 19 heavy (non-hydrogen) atoms. The van der Waals surface area contributed by atoms with Gasteiger partial charge in [-0.25, -0.2) is 4.98 Å². The van der Waals surface area contributed by atoms with Crippen LogP contribution >= 0.6 is 12.2 Å². The number of hydrogen-bond donors (Lipinski definition) is 2. The van der Waals surface area contributed by atoms with Gasteiger partial charge < -0.3 is 15.4 Å². The van der Waals surface area contributed by atoms with Crippen LogP contribution in [0.1, 0.15) is 25.7 Å². The van der Waals surface area contributed by atoms with Crippen molar-refractivity contribution in [3.63, 3.8) is 0 Å². The van der Waals surface area contributed by atoms with Crippen molar-refractivity contribution in [2.75, 3.05) is 12.4 Å². The number of rotatable bonds is 3. The Balaban J connectivity index is 1.53. The summed E-state index contributed by atoms with van der Waals surface area (Å²) >= 11 is 5.37. The van der Waals surface area contributed by atoms with Crippen LogP contribution in [-0.2, 0) is 0 Å². The minimum absolute atomic E-state index is 0.560. The SMILES string of the molecule is COc1ccc(NC(=S)N[C@H]2C[C@@H]3CC[C@@H]2C3)cn1. The number of aromatic nitrogens is 1. The molecule has 0 radical (unpaired) electrons. The molecule has 102 valence electrons. The average molecular weight is 277 g/mol. The van der Waals surface area contributed by atoms with Gasteiger partial charge in [-0.1, -0.05) is 6.42 Å². The topological polar surface area (TPSA) is 46.2 Å². The summed E-state index contributed by atoms with van der Waals surface area (Å²) in [4.78, 5) is 4.15. The maximum Gasteiger partial charge on any atom is 0.213 e. The van der Waals surface area contributed by atoms with Crippen LogP contribution < -0.4 is 15.4 Å². The predicted molar refractivity (Wildman–Crippen MR) is 79.4 cm³/mol. The molecular weight excluding hydrogens is 258 g/mol. The molecule has 1 aromatic rings. The lowest BCUT2D eigenvalue weighted by Gasteiger charge is -2.24. The van der Waals surface area contributed by atoms with E-state index in [4.69, 9.17) is 17.0 Å². The third-order valence-corrected chi connectivity index (χ3v) is 4.48. The van der Waals surface area contributed by atoms with Gasteiger partial charge in [0.05, 0.1) is 19.0 Å². The third kappa shape index (κ3) is 2.81. The van der Waals surface area contributed by atoms with E-state index in [-0.39, 0.29) is 0 Å². The fourth-order valence-corrected chi connectivity index (χ4v) is 3.60. The third-order valence-electron chi connectivity index (χ3n) is 4.26. The van der Waals surface area contributed by atoms with E-state index in [2.05, 4.69) is 15.6 Å². The summed E-state index contributed by atoms with van der Waals surface area (Å²) in [6.45, 7) is 0. The molecule has 0 spiro atoms. The number of anilines is 1. The molecule has 2 aliphatic carbocycles. The van der Waals surface area contributed by atoms with Crippen molar-refractivity contribution >= 4 is 23.0 Å². The van der Waals surface area contributed by atoms with Crippen LogP contribution in [0.3, 0.4) is 0 Å². The highest BCUT2D eigenvalue weighted by atomic mass is 32.1. The van der Waals surface area contributed by atoms with Gasteiger partial charge in [0.15, 0.2) is 5.11 Å². The van der Waals surface area contributed by atoms with Crippen LogP contribution in [0.15, 0.2) is 18.3 Å². The molecule has 0 amide bonds. The number of thiocarbonyl (C=S) groups is 1. The normalized spacial score (nSPS) is 28.2. The first-order valence-electron chi connectivity index (χ1n) is 6.82. The van der Waals surface area contributed by atoms with Gasteiger partial charge >= 0.3 is 0 Å². The molecule has 0 aromatic carbocycles. The second-order valence-electron chi connectivity index (χ2n) is 5.47. The van der Waals surface area contributed by atoms with E-state index >= 15 is 0 Å². The summed E-state index contributed by atoms with van der Waals surface area (Å²) in [5.41, 5.74) is 0.890. The van der Waals surface area contributed by atoms with E-state index in [9.17, 15) is 0 Å². The monoisotopic (exact) mass is 277 g/mol. The van der Waals surface area contributed by atoms with Gasteiger partial charge in [-0.15, -0.1) is 0 Å². The van der Waals surface area contributed by atoms with E-state index in [1.807, 2.05) is 12.1 Å². The second-order valence-corrected chi connectivity index (χ2v) is 5.88. The number of ether oxygens (including phenoxy) is 1. The molecule has 4 nitrogen and oxygen atoms in total. The summed E-state index contributed by atoms with van der Waals surface area (Å²) in [6, 6.07) is 4.30. The van der Waals surface area contributed by atoms with Crippen molar-refractivity contribution in [1.82, 2.24) is 10.3 Å². The first kappa shape index (κ1) is 12.7. The molecule has 3 atom stereocenters. The Labute approximate surface area is 118 Å². The van der Waals surface area contributed by atoms with E-state index in [0.29, 0.717) is 17.0 Å². The summed E-state index contributed by atoms with van der Waals surface area (Å²) in [6.07, 6.45) is 7.14. The standard InChI is InChI=1S/C14H19N3OS/c1-18-13-5-4-11(8-15-13)16-14(19)17-12-7-9-2-3-10(12)6-9/h4-5,8-10,12H,2-3,6-7H2,1H3,(H2,16,17,19)/t9-,10-,12+/m1/s1. The van der Waals surface area contributed by atoms with Crippen molar-refractivity contribution in [2.45, 2.75) is 31.7 Å². The predicted octanol–water partition coefficient (Wildman–Crippen LogP) is 2.57. The molecule has 0 unspecified atom stereocenters. The van der Waals surface area contributed by atoms with Gasteiger partial charge in [0, 0.05) is 12.1 Å². The zero-order valence-electron chi connectivity index (χ0n) is 11.1. The zero-order valence-corrected chi connectivity index (χ0v) is 11.9. The summed E-state index contributed by atoms with van der Waals surface area (Å²) in [7, 11) is 1.61. The fraction of sp³-hybridized carbons (Fsp3) is 0.571. The van der Waals surface area contributed by atoms with Crippen LogP contribution in [0.5, 0.6) is 5.88 Å². The molecule has 5 heteroatoms. The number of hydrogen-bond acceptors (Lipinski definition) is 3. The number of pyridine rings is 1. The van der Waals surface area contributed by atoms with E-state index in [1.54, 1.807) is 13.3 Å². The minimum Gasteiger partial charge on any atom is -0.481 e. The van der Waals surface area contributed by atoms with Gasteiger partial charge in [0.1, 0.15) is 0 Å². The Morgan fingerprint density at radius 1 is 1.37 bits per heavy atom. The lowest BCUT2D eigenvalue weighted by molar-refractivity contribution is 0.391. The Hall–Kier alpha value is -1.36.